The Balaban J connectivity index is 2.55. The molecule has 0 bridgehead atoms. The predicted molar refractivity (Wildman–Crippen MR) is 98.8 cm³/mol. The van der Waals surface area contributed by atoms with E-state index in [4.69, 9.17) is 4.84 Å². The highest BCUT2D eigenvalue weighted by molar-refractivity contribution is 5.86. The number of unbranched alkanes of at least 4 members (excludes halogenated alkanes) is 5. The second-order valence-corrected chi connectivity index (χ2v) is 8.46. The minimum atomic E-state index is -0.881. The van der Waals surface area contributed by atoms with Crippen molar-refractivity contribution >= 4 is 5.97 Å². The number of piperidine rings is 1. The van der Waals surface area contributed by atoms with Crippen molar-refractivity contribution < 1.29 is 14.7 Å². The van der Waals surface area contributed by atoms with E-state index in [0.717, 1.165) is 25.9 Å². The van der Waals surface area contributed by atoms with Crippen LogP contribution in [0.5, 0.6) is 0 Å². The second-order valence-electron chi connectivity index (χ2n) is 8.46. The van der Waals surface area contributed by atoms with Crippen molar-refractivity contribution in [1.29, 1.82) is 0 Å². The van der Waals surface area contributed by atoms with Crippen LogP contribution < -0.4 is 0 Å². The van der Waals surface area contributed by atoms with Crippen LogP contribution in [0.4, 0.5) is 0 Å². The molecule has 0 aromatic rings. The Labute approximate surface area is 148 Å². The largest absolute Gasteiger partial charge is 0.478 e. The summed E-state index contributed by atoms with van der Waals surface area (Å²) in [4.78, 5) is 17.4. The third-order valence-corrected chi connectivity index (χ3v) is 5.08. The van der Waals surface area contributed by atoms with E-state index in [2.05, 4.69) is 46.3 Å². The van der Waals surface area contributed by atoms with Gasteiger partial charge in [0.1, 0.15) is 0 Å². The van der Waals surface area contributed by atoms with Gasteiger partial charge < -0.3 is 5.11 Å². The number of hydrogen-bond acceptors (Lipinski definition) is 3. The Hall–Kier alpha value is -0.870. The van der Waals surface area contributed by atoms with Gasteiger partial charge >= 0.3 is 5.97 Å². The number of hydrogen-bond donors (Lipinski definition) is 1. The van der Waals surface area contributed by atoms with Gasteiger partial charge in [0, 0.05) is 16.7 Å². The molecule has 4 heteroatoms. The van der Waals surface area contributed by atoms with Gasteiger partial charge in [-0.3, -0.25) is 4.84 Å². The first-order chi connectivity index (χ1) is 11.1. The predicted octanol–water partition coefficient (Wildman–Crippen LogP) is 5.19. The average molecular weight is 340 g/mol. The van der Waals surface area contributed by atoms with Crippen LogP contribution in [0.2, 0.25) is 0 Å². The summed E-state index contributed by atoms with van der Waals surface area (Å²) in [5, 5.41) is 11.4. The topological polar surface area (TPSA) is 49.8 Å². The van der Waals surface area contributed by atoms with Crippen molar-refractivity contribution in [1.82, 2.24) is 5.06 Å². The summed E-state index contributed by atoms with van der Waals surface area (Å²) in [5.74, 6) is -0.880. The molecule has 1 N–H and O–H groups in total. The van der Waals surface area contributed by atoms with E-state index in [0.29, 0.717) is 5.57 Å². The van der Waals surface area contributed by atoms with Gasteiger partial charge in [-0.2, -0.15) is 5.06 Å². The molecule has 1 aliphatic rings. The summed E-state index contributed by atoms with van der Waals surface area (Å²) in [5.41, 5.74) is -0.0771. The van der Waals surface area contributed by atoms with Crippen LogP contribution in [0.25, 0.3) is 0 Å². The minimum Gasteiger partial charge on any atom is -0.478 e. The van der Waals surface area contributed by atoms with Gasteiger partial charge in [-0.1, -0.05) is 45.6 Å². The molecule has 0 spiro atoms. The first-order valence-corrected chi connectivity index (χ1v) is 9.47. The summed E-state index contributed by atoms with van der Waals surface area (Å²) in [6.07, 6.45) is 9.01. The summed E-state index contributed by atoms with van der Waals surface area (Å²) in [6, 6.07) is 0. The van der Waals surface area contributed by atoms with Gasteiger partial charge in [0.15, 0.2) is 0 Å². The number of carboxylic acids is 1. The maximum Gasteiger partial charge on any atom is 0.331 e. The van der Waals surface area contributed by atoms with Crippen molar-refractivity contribution in [2.75, 3.05) is 6.61 Å². The van der Waals surface area contributed by atoms with Crippen molar-refractivity contribution in [3.05, 3.63) is 12.2 Å². The smallest absolute Gasteiger partial charge is 0.331 e. The highest BCUT2D eigenvalue weighted by Crippen LogP contribution is 2.43. The molecule has 0 atom stereocenters. The molecular formula is C20H37NO3. The van der Waals surface area contributed by atoms with Crippen molar-refractivity contribution in [2.45, 2.75) is 97.1 Å². The normalized spacial score (nSPS) is 20.9. The van der Waals surface area contributed by atoms with Crippen LogP contribution in [-0.2, 0) is 9.63 Å². The van der Waals surface area contributed by atoms with E-state index < -0.39 is 5.97 Å². The average Bonchev–Trinajstić information content (AvgIpc) is 2.46. The Kier molecular flexibility index (Phi) is 7.94. The van der Waals surface area contributed by atoms with Crippen LogP contribution in [-0.4, -0.2) is 33.8 Å². The minimum absolute atomic E-state index is 0.00129. The monoisotopic (exact) mass is 339 g/mol. The number of aliphatic carboxylic acids is 1. The SMILES string of the molecule is C=C(C(=O)O)C1CC(C)(C)N(OCCCCCCCC)C(C)(C)C1. The van der Waals surface area contributed by atoms with E-state index in [9.17, 15) is 9.90 Å². The first-order valence-electron chi connectivity index (χ1n) is 9.47. The molecule has 4 nitrogen and oxygen atoms in total. The molecule has 0 saturated carbocycles. The second kappa shape index (κ2) is 9.00. The summed E-state index contributed by atoms with van der Waals surface area (Å²) < 4.78 is 0. The van der Waals surface area contributed by atoms with Crippen LogP contribution in [0.1, 0.15) is 86.0 Å². The molecule has 1 fully saturated rings. The van der Waals surface area contributed by atoms with Gasteiger partial charge in [-0.05, 0) is 52.9 Å². The molecule has 1 rings (SSSR count). The zero-order chi connectivity index (χ0) is 18.4. The number of rotatable bonds is 10. The lowest BCUT2D eigenvalue weighted by atomic mass is 9.72. The van der Waals surface area contributed by atoms with Crippen molar-refractivity contribution in [3.63, 3.8) is 0 Å². The van der Waals surface area contributed by atoms with Crippen molar-refractivity contribution in [2.24, 2.45) is 5.92 Å². The van der Waals surface area contributed by atoms with Gasteiger partial charge in [-0.15, -0.1) is 0 Å². The molecule has 140 valence electrons. The maximum atomic E-state index is 11.3. The fourth-order valence-electron chi connectivity index (χ4n) is 4.07. The molecule has 0 aromatic heterocycles. The van der Waals surface area contributed by atoms with Gasteiger partial charge in [0.25, 0.3) is 0 Å². The third-order valence-electron chi connectivity index (χ3n) is 5.08. The lowest BCUT2D eigenvalue weighted by Crippen LogP contribution is -2.60. The highest BCUT2D eigenvalue weighted by Gasteiger charge is 2.47. The molecule has 24 heavy (non-hydrogen) atoms. The molecule has 0 amide bonds. The van der Waals surface area contributed by atoms with Gasteiger partial charge in [0.2, 0.25) is 0 Å². The van der Waals surface area contributed by atoms with E-state index in [1.54, 1.807) is 0 Å². The van der Waals surface area contributed by atoms with E-state index >= 15 is 0 Å². The van der Waals surface area contributed by atoms with Crippen LogP contribution in [0.15, 0.2) is 12.2 Å². The zero-order valence-electron chi connectivity index (χ0n) is 16.4. The first kappa shape index (κ1) is 21.2. The molecule has 1 aliphatic heterocycles. The van der Waals surface area contributed by atoms with E-state index in [1.807, 2.05) is 0 Å². The Morgan fingerprint density at radius 2 is 1.58 bits per heavy atom. The van der Waals surface area contributed by atoms with Gasteiger partial charge in [0.05, 0.1) is 6.61 Å². The molecule has 1 saturated heterocycles. The molecule has 0 unspecified atom stereocenters. The summed E-state index contributed by atoms with van der Waals surface area (Å²) >= 11 is 0. The van der Waals surface area contributed by atoms with Gasteiger partial charge in [-0.25, -0.2) is 4.79 Å². The standard InChI is InChI=1S/C20H37NO3/c1-7-8-9-10-11-12-13-24-21-19(3,4)14-17(15-20(21,5)6)16(2)18(22)23/h17H,2,7-15H2,1,3-6H3,(H,22,23). The number of carboxylic acid groups (broad SMARTS) is 1. The van der Waals surface area contributed by atoms with Crippen LogP contribution in [0.3, 0.4) is 0 Å². The third kappa shape index (κ3) is 5.89. The Morgan fingerprint density at radius 3 is 2.08 bits per heavy atom. The summed E-state index contributed by atoms with van der Waals surface area (Å²) in [7, 11) is 0. The van der Waals surface area contributed by atoms with E-state index in [-0.39, 0.29) is 17.0 Å². The molecule has 0 aliphatic carbocycles. The number of nitrogens with zero attached hydrogens (tertiary/aromatic N) is 1. The van der Waals surface area contributed by atoms with E-state index in [1.165, 1.54) is 32.1 Å². The molecule has 1 heterocycles. The zero-order valence-corrected chi connectivity index (χ0v) is 16.4. The fraction of sp³-hybridized carbons (Fsp3) is 0.850. The lowest BCUT2D eigenvalue weighted by molar-refractivity contribution is -0.286. The molecule has 0 aromatic carbocycles. The quantitative estimate of drug-likeness (QED) is 0.439. The van der Waals surface area contributed by atoms with Crippen molar-refractivity contribution in [3.8, 4) is 0 Å². The van der Waals surface area contributed by atoms with Crippen LogP contribution >= 0.6 is 0 Å². The number of carbonyl (C=O) groups is 1. The molecule has 0 radical (unpaired) electrons. The summed E-state index contributed by atoms with van der Waals surface area (Å²) in [6.45, 7) is 15.3. The number of hydroxylamine groups is 2. The fourth-order valence-corrected chi connectivity index (χ4v) is 4.07. The Morgan fingerprint density at radius 1 is 1.08 bits per heavy atom. The molecular weight excluding hydrogens is 302 g/mol. The van der Waals surface area contributed by atoms with Crippen LogP contribution in [0, 0.1) is 5.92 Å². The Bertz CT molecular complexity index is 411. The highest BCUT2D eigenvalue weighted by atomic mass is 16.7. The lowest BCUT2D eigenvalue weighted by Gasteiger charge is -2.54. The maximum absolute atomic E-state index is 11.3.